The highest BCUT2D eigenvalue weighted by molar-refractivity contribution is 5.96. The number of methoxy groups -OCH3 is 2. The summed E-state index contributed by atoms with van der Waals surface area (Å²) in [5.41, 5.74) is 7.81. The van der Waals surface area contributed by atoms with Crippen LogP contribution in [0.3, 0.4) is 0 Å². The molecule has 242 valence electrons. The lowest BCUT2D eigenvalue weighted by Crippen LogP contribution is -2.20. The van der Waals surface area contributed by atoms with Gasteiger partial charge < -0.3 is 24.5 Å². The van der Waals surface area contributed by atoms with Crippen molar-refractivity contribution in [3.63, 3.8) is 0 Å². The predicted molar refractivity (Wildman–Crippen MR) is 169 cm³/mol. The number of esters is 2. The summed E-state index contributed by atoms with van der Waals surface area (Å²) in [7, 11) is 2.62. The Balaban J connectivity index is 1.88. The highest BCUT2D eigenvalue weighted by Crippen LogP contribution is 2.40. The minimum atomic E-state index is -4.91. The molecule has 3 aromatic heterocycles. The van der Waals surface area contributed by atoms with Crippen LogP contribution >= 0.6 is 0 Å². The molecule has 0 saturated heterocycles. The molecule has 5 heterocycles. The largest absolute Gasteiger partial charge is 0.469 e. The summed E-state index contributed by atoms with van der Waals surface area (Å²) in [6.07, 6.45) is -6.85. The first-order valence-electron chi connectivity index (χ1n) is 14.7. The van der Waals surface area contributed by atoms with E-state index in [1.807, 2.05) is 26.0 Å². The molecular formula is C34H35F3N4O5. The molecular weight excluding hydrogens is 601 g/mol. The zero-order valence-corrected chi connectivity index (χ0v) is 26.4. The Labute approximate surface area is 263 Å². The SMILES string of the molecule is COC(=O)CCC1=C(C)c2cc3[nH]c(cc3C)cc3[nH]c(cc4nc(cc1n2)C(CCC(=O)OC)=C4C)c(C(O)C(F)(F)F)c3C. The Kier molecular flexibility index (Phi) is 8.94. The van der Waals surface area contributed by atoms with Crippen LogP contribution in [-0.2, 0) is 19.1 Å². The first-order valence-corrected chi connectivity index (χ1v) is 14.7. The number of hydrogen-bond acceptors (Lipinski definition) is 7. The summed E-state index contributed by atoms with van der Waals surface area (Å²) in [5.74, 6) is -0.796. The molecule has 2 aliphatic rings. The number of hydrogen-bond donors (Lipinski definition) is 3. The van der Waals surface area contributed by atoms with E-state index in [0.717, 1.165) is 22.2 Å². The van der Waals surface area contributed by atoms with Crippen molar-refractivity contribution in [1.29, 1.82) is 0 Å². The number of ether oxygens (including phenoxy) is 2. The molecule has 12 heteroatoms. The minimum absolute atomic E-state index is 0.0535. The highest BCUT2D eigenvalue weighted by Gasteiger charge is 2.41. The normalized spacial score (nSPS) is 14.1. The Morgan fingerprint density at radius 3 is 1.78 bits per heavy atom. The maximum absolute atomic E-state index is 13.9. The summed E-state index contributed by atoms with van der Waals surface area (Å²) in [6, 6.07) is 8.72. The van der Waals surface area contributed by atoms with Crippen LogP contribution in [0, 0.1) is 13.8 Å². The van der Waals surface area contributed by atoms with Crippen molar-refractivity contribution in [2.45, 2.75) is 65.7 Å². The van der Waals surface area contributed by atoms with Gasteiger partial charge in [-0.1, -0.05) is 0 Å². The molecule has 0 spiro atoms. The third-order valence-electron chi connectivity index (χ3n) is 8.55. The van der Waals surface area contributed by atoms with Crippen molar-refractivity contribution in [2.75, 3.05) is 14.2 Å². The Hall–Kier alpha value is -4.71. The van der Waals surface area contributed by atoms with Gasteiger partial charge in [-0.05, 0) is 104 Å². The van der Waals surface area contributed by atoms with E-state index in [2.05, 4.69) is 9.97 Å². The molecule has 0 saturated carbocycles. The molecule has 1 atom stereocenters. The number of alkyl halides is 3. The average molecular weight is 637 g/mol. The number of halogens is 3. The third kappa shape index (κ3) is 6.34. The lowest BCUT2D eigenvalue weighted by molar-refractivity contribution is -0.206. The van der Waals surface area contributed by atoms with Gasteiger partial charge in [-0.25, -0.2) is 9.97 Å². The maximum Gasteiger partial charge on any atom is 0.418 e. The van der Waals surface area contributed by atoms with Gasteiger partial charge in [0.25, 0.3) is 0 Å². The van der Waals surface area contributed by atoms with Gasteiger partial charge in [-0.15, -0.1) is 0 Å². The summed E-state index contributed by atoms with van der Waals surface area (Å²) < 4.78 is 51.5. The zero-order valence-electron chi connectivity index (χ0n) is 26.4. The van der Waals surface area contributed by atoms with Crippen LogP contribution in [0.1, 0.15) is 85.1 Å². The van der Waals surface area contributed by atoms with Crippen LogP contribution in [0.25, 0.3) is 44.4 Å². The average Bonchev–Trinajstić information content (AvgIpc) is 3.68. The van der Waals surface area contributed by atoms with Gasteiger partial charge in [-0.2, -0.15) is 13.2 Å². The number of nitrogens with one attached hydrogen (secondary N) is 2. The van der Waals surface area contributed by atoms with E-state index in [-0.39, 0.29) is 41.9 Å². The molecule has 0 radical (unpaired) electrons. The van der Waals surface area contributed by atoms with Crippen LogP contribution in [0.2, 0.25) is 0 Å². The molecule has 0 aliphatic carbocycles. The van der Waals surface area contributed by atoms with Gasteiger partial charge in [0.1, 0.15) is 0 Å². The fourth-order valence-electron chi connectivity index (χ4n) is 5.88. The monoisotopic (exact) mass is 636 g/mol. The number of aliphatic hydroxyl groups excluding tert-OH is 1. The Bertz CT molecular complexity index is 1970. The number of carbonyl (C=O) groups is 2. The molecule has 9 nitrogen and oxygen atoms in total. The van der Waals surface area contributed by atoms with Gasteiger partial charge >= 0.3 is 18.1 Å². The van der Waals surface area contributed by atoms with Gasteiger partial charge in [0.05, 0.1) is 37.0 Å². The number of rotatable bonds is 7. The number of aryl methyl sites for hydroxylation is 2. The van der Waals surface area contributed by atoms with E-state index >= 15 is 0 Å². The van der Waals surface area contributed by atoms with Gasteiger partial charge in [0.15, 0.2) is 6.10 Å². The Morgan fingerprint density at radius 2 is 1.28 bits per heavy atom. The first-order chi connectivity index (χ1) is 21.7. The lowest BCUT2D eigenvalue weighted by atomic mass is 9.98. The smallest absolute Gasteiger partial charge is 0.418 e. The third-order valence-corrected chi connectivity index (χ3v) is 8.55. The Morgan fingerprint density at radius 1 is 0.761 bits per heavy atom. The second-order valence-electron chi connectivity index (χ2n) is 11.5. The number of H-pyrrole nitrogens is 2. The summed E-state index contributed by atoms with van der Waals surface area (Å²) in [6.45, 7) is 7.15. The summed E-state index contributed by atoms with van der Waals surface area (Å²) >= 11 is 0. The van der Waals surface area contributed by atoms with E-state index in [1.165, 1.54) is 27.2 Å². The van der Waals surface area contributed by atoms with Crippen molar-refractivity contribution >= 4 is 56.3 Å². The fourth-order valence-corrected chi connectivity index (χ4v) is 5.88. The van der Waals surface area contributed by atoms with Gasteiger partial charge in [0.2, 0.25) is 0 Å². The van der Waals surface area contributed by atoms with Crippen LogP contribution in [0.5, 0.6) is 0 Å². The second kappa shape index (κ2) is 12.6. The number of aliphatic hydroxyl groups is 1. The van der Waals surface area contributed by atoms with E-state index in [1.54, 1.807) is 19.1 Å². The molecule has 46 heavy (non-hydrogen) atoms. The van der Waals surface area contributed by atoms with Crippen molar-refractivity contribution in [3.05, 3.63) is 69.8 Å². The topological polar surface area (TPSA) is 130 Å². The standard InChI is InChI=1S/C34H35F3N4O5/c1-16-11-20-12-24-19(4)32(33(44)34(35,36)37)29(41-24)14-26-18(3)22(8-10-31(43)46-6)28(40-26)15-27-21(7-9-30(42)45-5)17(2)25(39-27)13-23(16)38-20/h11-15,33,38,41,44H,7-10H2,1-6H3. The van der Waals surface area contributed by atoms with Crippen molar-refractivity contribution in [2.24, 2.45) is 0 Å². The lowest BCUT2D eigenvalue weighted by Gasteiger charge is -2.15. The fraction of sp³-hybridized carbons (Fsp3) is 0.353. The van der Waals surface area contributed by atoms with Gasteiger partial charge in [0, 0.05) is 40.5 Å². The molecule has 1 unspecified atom stereocenters. The molecule has 8 bridgehead atoms. The van der Waals surface area contributed by atoms with E-state index in [4.69, 9.17) is 19.4 Å². The van der Waals surface area contributed by atoms with Crippen molar-refractivity contribution in [1.82, 2.24) is 19.9 Å². The number of aromatic amines is 2. The van der Waals surface area contributed by atoms with Crippen LogP contribution in [-0.4, -0.2) is 57.4 Å². The predicted octanol–water partition coefficient (Wildman–Crippen LogP) is 7.30. The second-order valence-corrected chi connectivity index (χ2v) is 11.5. The van der Waals surface area contributed by atoms with Gasteiger partial charge in [-0.3, -0.25) is 9.59 Å². The first kappa shape index (κ1) is 32.7. The number of carbonyl (C=O) groups excluding carboxylic acids is 2. The quantitative estimate of drug-likeness (QED) is 0.232. The molecule has 0 amide bonds. The maximum atomic E-state index is 13.9. The van der Waals surface area contributed by atoms with Crippen molar-refractivity contribution < 1.29 is 37.3 Å². The molecule has 3 N–H and O–H groups in total. The number of aromatic nitrogens is 4. The van der Waals surface area contributed by atoms with Crippen LogP contribution in [0.15, 0.2) is 30.3 Å². The summed E-state index contributed by atoms with van der Waals surface area (Å²) in [5, 5.41) is 10.5. The number of nitrogens with zero attached hydrogens (tertiary/aromatic N) is 2. The van der Waals surface area contributed by atoms with Crippen LogP contribution in [0.4, 0.5) is 13.2 Å². The molecule has 3 aromatic rings. The zero-order chi connectivity index (χ0) is 33.5. The summed E-state index contributed by atoms with van der Waals surface area (Å²) in [4.78, 5) is 40.3. The number of fused-ring (bicyclic) bond motifs is 8. The molecule has 0 aromatic carbocycles. The molecule has 5 rings (SSSR count). The van der Waals surface area contributed by atoms with E-state index < -0.39 is 18.2 Å². The molecule has 2 aliphatic heterocycles. The van der Waals surface area contributed by atoms with E-state index in [9.17, 15) is 27.9 Å². The van der Waals surface area contributed by atoms with E-state index in [0.29, 0.717) is 51.4 Å². The molecule has 0 fully saturated rings. The number of allylic oxidation sites excluding steroid dienone is 4. The van der Waals surface area contributed by atoms with Crippen LogP contribution < -0.4 is 0 Å². The minimum Gasteiger partial charge on any atom is -0.469 e. The van der Waals surface area contributed by atoms with Crippen molar-refractivity contribution in [3.8, 4) is 0 Å². The highest BCUT2D eigenvalue weighted by atomic mass is 19.4.